The van der Waals surface area contributed by atoms with E-state index in [0.29, 0.717) is 17.4 Å². The van der Waals surface area contributed by atoms with Crippen molar-refractivity contribution in [2.24, 2.45) is 0 Å². The fraction of sp³-hybridized carbons (Fsp3) is 0.644. The van der Waals surface area contributed by atoms with Crippen molar-refractivity contribution in [2.75, 3.05) is 47.5 Å². The number of carbonyl (C=O) groups is 3. The highest BCUT2D eigenvalue weighted by Crippen LogP contribution is 2.13. The number of carboxylic acid groups (broad SMARTS) is 1. The van der Waals surface area contributed by atoms with Crippen molar-refractivity contribution < 1.29 is 42.9 Å². The Kier molecular flexibility index (Phi) is 46.4. The van der Waals surface area contributed by atoms with Gasteiger partial charge >= 0.3 is 11.9 Å². The fourth-order valence-electron chi connectivity index (χ4n) is 6.66. The Morgan fingerprint density at radius 2 is 0.838 bits per heavy atom. The van der Waals surface area contributed by atoms with Gasteiger partial charge in [0.15, 0.2) is 12.4 Å². The molecule has 0 spiro atoms. The second kappa shape index (κ2) is 49.4. The third-order valence-corrected chi connectivity index (χ3v) is 10.8. The van der Waals surface area contributed by atoms with Crippen LogP contribution < -0.4 is 5.11 Å². The Hall–Kier alpha value is -4.05. The lowest BCUT2D eigenvalue weighted by Crippen LogP contribution is -2.44. The van der Waals surface area contributed by atoms with Gasteiger partial charge in [0, 0.05) is 12.8 Å². The second-order valence-electron chi connectivity index (χ2n) is 18.4. The number of unbranched alkanes of at least 4 members (excludes halogenated alkanes) is 14. The van der Waals surface area contributed by atoms with Crippen LogP contribution in [0.2, 0.25) is 0 Å². The molecule has 0 radical (unpaired) electrons. The number of aliphatic carboxylic acids is 1. The SMILES string of the molecule is CC/C=C\C/C=C\C/C=C\C/C=C\C/C=C\C/C=C\C/C=C\C/C=C\CCCCCCCCC(=O)OC(COC(=O)CCCCCCC/C=C\CCCCC)COC(OCC[N+](C)(C)C)C(=O)[O-]. The Morgan fingerprint density at radius 1 is 0.456 bits per heavy atom. The topological polar surface area (TPSA) is 111 Å². The van der Waals surface area contributed by atoms with E-state index in [4.69, 9.17) is 18.9 Å². The summed E-state index contributed by atoms with van der Waals surface area (Å²) in [5.41, 5.74) is 0. The molecule has 0 bridgehead atoms. The van der Waals surface area contributed by atoms with Gasteiger partial charge in [0.05, 0.1) is 40.3 Å². The first kappa shape index (κ1) is 64.0. The van der Waals surface area contributed by atoms with E-state index in [0.717, 1.165) is 135 Å². The highest BCUT2D eigenvalue weighted by Gasteiger charge is 2.21. The molecule has 0 amide bonds. The summed E-state index contributed by atoms with van der Waals surface area (Å²) in [5.74, 6) is -2.33. The van der Waals surface area contributed by atoms with E-state index < -0.39 is 24.3 Å². The minimum absolute atomic E-state index is 0.137. The number of carbonyl (C=O) groups excluding carboxylic acids is 3. The van der Waals surface area contributed by atoms with Crippen molar-refractivity contribution in [1.29, 1.82) is 0 Å². The summed E-state index contributed by atoms with van der Waals surface area (Å²) in [6.07, 6.45) is 64.2. The highest BCUT2D eigenvalue weighted by atomic mass is 16.7. The molecule has 68 heavy (non-hydrogen) atoms. The maximum absolute atomic E-state index is 12.8. The van der Waals surface area contributed by atoms with Gasteiger partial charge in [-0.2, -0.15) is 0 Å². The van der Waals surface area contributed by atoms with E-state index in [2.05, 4.69) is 123 Å². The Bertz CT molecular complexity index is 1480. The largest absolute Gasteiger partial charge is 0.545 e. The minimum atomic E-state index is -1.63. The predicted molar refractivity (Wildman–Crippen MR) is 283 cm³/mol. The molecule has 386 valence electrons. The van der Waals surface area contributed by atoms with Crippen LogP contribution in [0.25, 0.3) is 0 Å². The predicted octanol–water partition coefficient (Wildman–Crippen LogP) is 13.8. The molecule has 0 saturated heterocycles. The monoisotopic (exact) mass is 948 g/mol. The number of rotatable bonds is 47. The lowest BCUT2D eigenvalue weighted by atomic mass is 10.1. The van der Waals surface area contributed by atoms with Crippen molar-refractivity contribution in [3.05, 3.63) is 109 Å². The van der Waals surface area contributed by atoms with Gasteiger partial charge in [0.2, 0.25) is 0 Å². The average molecular weight is 948 g/mol. The van der Waals surface area contributed by atoms with Crippen LogP contribution in [0, 0.1) is 0 Å². The lowest BCUT2D eigenvalue weighted by molar-refractivity contribution is -0.870. The van der Waals surface area contributed by atoms with E-state index >= 15 is 0 Å². The van der Waals surface area contributed by atoms with Gasteiger partial charge in [-0.25, -0.2) is 0 Å². The molecule has 0 aliphatic heterocycles. The van der Waals surface area contributed by atoms with Crippen molar-refractivity contribution in [3.8, 4) is 0 Å². The van der Waals surface area contributed by atoms with Gasteiger partial charge in [-0.05, 0) is 103 Å². The Balaban J connectivity index is 4.31. The first-order chi connectivity index (χ1) is 33.1. The van der Waals surface area contributed by atoms with Gasteiger partial charge in [-0.3, -0.25) is 9.59 Å². The summed E-state index contributed by atoms with van der Waals surface area (Å²) in [4.78, 5) is 37.1. The average Bonchev–Trinajstić information content (AvgIpc) is 3.30. The summed E-state index contributed by atoms with van der Waals surface area (Å²) < 4.78 is 22.6. The smallest absolute Gasteiger partial charge is 0.306 e. The van der Waals surface area contributed by atoms with E-state index in [1.807, 2.05) is 21.1 Å². The zero-order chi connectivity index (χ0) is 49.9. The number of carboxylic acids is 1. The van der Waals surface area contributed by atoms with Crippen LogP contribution in [0.15, 0.2) is 109 Å². The van der Waals surface area contributed by atoms with Crippen LogP contribution >= 0.6 is 0 Å². The molecule has 9 nitrogen and oxygen atoms in total. The quantitative estimate of drug-likeness (QED) is 0.0195. The zero-order valence-corrected chi connectivity index (χ0v) is 43.7. The Labute approximate surface area is 415 Å². The van der Waals surface area contributed by atoms with Gasteiger partial charge in [0.1, 0.15) is 13.2 Å². The van der Waals surface area contributed by atoms with Gasteiger partial charge < -0.3 is 33.3 Å². The number of hydrogen-bond acceptors (Lipinski definition) is 8. The molecular weight excluding hydrogens is 851 g/mol. The van der Waals surface area contributed by atoms with Gasteiger partial charge in [0.25, 0.3) is 0 Å². The lowest BCUT2D eigenvalue weighted by Gasteiger charge is -2.26. The third-order valence-electron chi connectivity index (χ3n) is 10.8. The van der Waals surface area contributed by atoms with Crippen molar-refractivity contribution in [1.82, 2.24) is 0 Å². The number of allylic oxidation sites excluding steroid dienone is 18. The molecule has 0 aromatic carbocycles. The van der Waals surface area contributed by atoms with Crippen LogP contribution in [0.4, 0.5) is 0 Å². The molecule has 0 aromatic heterocycles. The molecule has 0 fully saturated rings. The van der Waals surface area contributed by atoms with Gasteiger partial charge in [-0.1, -0.05) is 181 Å². The normalized spacial score (nSPS) is 13.7. The van der Waals surface area contributed by atoms with Crippen LogP contribution in [0.1, 0.15) is 187 Å². The minimum Gasteiger partial charge on any atom is -0.545 e. The number of likely N-dealkylation sites (N-methyl/N-ethyl adjacent to an activating group) is 1. The molecule has 2 unspecified atom stereocenters. The molecule has 0 aliphatic carbocycles. The summed E-state index contributed by atoms with van der Waals surface area (Å²) in [6, 6.07) is 0. The molecule has 0 N–H and O–H groups in total. The van der Waals surface area contributed by atoms with E-state index in [9.17, 15) is 19.5 Å². The van der Waals surface area contributed by atoms with E-state index in [-0.39, 0.29) is 38.6 Å². The summed E-state index contributed by atoms with van der Waals surface area (Å²) in [7, 11) is 5.89. The van der Waals surface area contributed by atoms with Gasteiger partial charge in [-0.15, -0.1) is 0 Å². The molecule has 0 saturated carbocycles. The molecule has 9 heteroatoms. The van der Waals surface area contributed by atoms with Crippen LogP contribution in [-0.4, -0.2) is 82.3 Å². The van der Waals surface area contributed by atoms with Crippen molar-refractivity contribution >= 4 is 17.9 Å². The van der Waals surface area contributed by atoms with E-state index in [1.54, 1.807) is 0 Å². The Morgan fingerprint density at radius 3 is 1.26 bits per heavy atom. The highest BCUT2D eigenvalue weighted by molar-refractivity contribution is 5.70. The first-order valence-electron chi connectivity index (χ1n) is 26.5. The standard InChI is InChI=1S/C59H97NO8/c1-6-8-10-12-14-16-18-20-21-22-23-24-25-26-27-28-29-30-31-32-33-34-35-36-37-38-40-42-44-46-48-50-57(62)68-55(54-67-59(58(63)64)65-52-51-60(3,4)5)53-66-56(61)49-47-45-43-41-39-19-17-15-13-11-9-7-2/h8,10,14-17,20-21,23-24,26-27,29-30,32-33,35-36,55,59H,6-7,9,11-13,18-19,22,25,28,31,34,37-54H2,1-5H3/b10-8-,16-14-,17-15-,21-20-,24-23-,27-26-,30-29-,33-32-,36-35-. The third kappa shape index (κ3) is 49.8. The van der Waals surface area contributed by atoms with Crippen molar-refractivity contribution in [2.45, 2.75) is 200 Å². The number of esters is 2. The van der Waals surface area contributed by atoms with Crippen LogP contribution in [0.3, 0.4) is 0 Å². The molecule has 2 atom stereocenters. The molecule has 0 aromatic rings. The summed E-state index contributed by atoms with van der Waals surface area (Å²) in [5, 5.41) is 11.7. The van der Waals surface area contributed by atoms with Crippen molar-refractivity contribution in [3.63, 3.8) is 0 Å². The number of hydrogen-bond donors (Lipinski definition) is 0. The van der Waals surface area contributed by atoms with E-state index in [1.165, 1.54) is 19.3 Å². The van der Waals surface area contributed by atoms with Crippen LogP contribution in [0.5, 0.6) is 0 Å². The number of quaternary nitrogens is 1. The van der Waals surface area contributed by atoms with Crippen LogP contribution in [-0.2, 0) is 33.3 Å². The maximum Gasteiger partial charge on any atom is 0.306 e. The summed E-state index contributed by atoms with van der Waals surface area (Å²) >= 11 is 0. The molecule has 0 aliphatic rings. The first-order valence-corrected chi connectivity index (χ1v) is 26.5. The maximum atomic E-state index is 12.8. The zero-order valence-electron chi connectivity index (χ0n) is 43.7. The number of ether oxygens (including phenoxy) is 4. The second-order valence-corrected chi connectivity index (χ2v) is 18.4. The number of nitrogens with zero attached hydrogens (tertiary/aromatic N) is 1. The molecule has 0 heterocycles. The molecular formula is C59H97NO8. The summed E-state index contributed by atoms with van der Waals surface area (Å²) in [6.45, 7) is 4.55. The molecule has 0 rings (SSSR count). The fourth-order valence-corrected chi connectivity index (χ4v) is 6.66.